The molecular formula is C16H15ClINO2. The number of hydrogen-bond donors (Lipinski definition) is 1. The highest BCUT2D eigenvalue weighted by Crippen LogP contribution is 2.25. The highest BCUT2D eigenvalue weighted by atomic mass is 127. The van der Waals surface area contributed by atoms with E-state index in [2.05, 4.69) is 27.9 Å². The predicted molar refractivity (Wildman–Crippen MR) is 94.4 cm³/mol. The zero-order chi connectivity index (χ0) is 15.2. The van der Waals surface area contributed by atoms with Crippen LogP contribution in [0.3, 0.4) is 0 Å². The van der Waals surface area contributed by atoms with Gasteiger partial charge in [0.05, 0.1) is 17.9 Å². The largest absolute Gasteiger partial charge is 0.493 e. The first-order valence-electron chi connectivity index (χ1n) is 6.60. The fraction of sp³-hybridized carbons (Fsp3) is 0.188. The Balaban J connectivity index is 2.25. The first-order valence-corrected chi connectivity index (χ1v) is 8.05. The number of rotatable bonds is 5. The van der Waals surface area contributed by atoms with Crippen molar-refractivity contribution in [3.05, 3.63) is 56.6 Å². The van der Waals surface area contributed by atoms with Crippen molar-refractivity contribution < 1.29 is 9.53 Å². The second-order valence-electron chi connectivity index (χ2n) is 4.42. The predicted octanol–water partition coefficient (Wildman–Crippen LogP) is 4.99. The number of para-hydroxylation sites is 1. The first kappa shape index (κ1) is 16.1. The molecule has 21 heavy (non-hydrogen) atoms. The molecule has 2 aromatic carbocycles. The summed E-state index contributed by atoms with van der Waals surface area (Å²) < 4.78 is 6.58. The molecule has 2 aromatic rings. The van der Waals surface area contributed by atoms with Gasteiger partial charge in [-0.25, -0.2) is 0 Å². The summed E-state index contributed by atoms with van der Waals surface area (Å²) in [6.07, 6.45) is 0.875. The Morgan fingerprint density at radius 3 is 2.76 bits per heavy atom. The number of carbonyl (C=O) groups is 1. The van der Waals surface area contributed by atoms with Gasteiger partial charge in [0.15, 0.2) is 0 Å². The van der Waals surface area contributed by atoms with Gasteiger partial charge in [0.1, 0.15) is 5.75 Å². The molecule has 0 saturated carbocycles. The SMILES string of the molecule is CCCOc1ccc(Cl)cc1C(=O)Nc1ccccc1I. The lowest BCUT2D eigenvalue weighted by Crippen LogP contribution is -2.14. The van der Waals surface area contributed by atoms with Crippen LogP contribution in [0.5, 0.6) is 5.75 Å². The number of nitrogens with one attached hydrogen (secondary N) is 1. The standard InChI is InChI=1S/C16H15ClINO2/c1-2-9-21-15-8-7-11(17)10-12(15)16(20)19-14-6-4-3-5-13(14)18/h3-8,10H,2,9H2,1H3,(H,19,20). The van der Waals surface area contributed by atoms with Crippen LogP contribution >= 0.6 is 34.2 Å². The Labute approximate surface area is 142 Å². The van der Waals surface area contributed by atoms with Crippen LogP contribution in [-0.2, 0) is 0 Å². The van der Waals surface area contributed by atoms with Crippen LogP contribution in [0.25, 0.3) is 0 Å². The molecule has 1 amide bonds. The molecular weight excluding hydrogens is 401 g/mol. The summed E-state index contributed by atoms with van der Waals surface area (Å²) >= 11 is 8.17. The summed E-state index contributed by atoms with van der Waals surface area (Å²) in [7, 11) is 0. The zero-order valence-electron chi connectivity index (χ0n) is 11.5. The molecule has 0 saturated heterocycles. The van der Waals surface area contributed by atoms with Crippen molar-refractivity contribution in [1.29, 1.82) is 0 Å². The Bertz CT molecular complexity index is 646. The molecule has 0 radical (unpaired) electrons. The summed E-state index contributed by atoms with van der Waals surface area (Å²) in [6, 6.07) is 12.7. The van der Waals surface area contributed by atoms with E-state index in [1.54, 1.807) is 18.2 Å². The summed E-state index contributed by atoms with van der Waals surface area (Å²) in [4.78, 5) is 12.4. The number of ether oxygens (including phenoxy) is 1. The maximum atomic E-state index is 12.4. The highest BCUT2D eigenvalue weighted by molar-refractivity contribution is 14.1. The fourth-order valence-electron chi connectivity index (χ4n) is 1.77. The van der Waals surface area contributed by atoms with E-state index in [0.29, 0.717) is 22.9 Å². The number of benzene rings is 2. The lowest BCUT2D eigenvalue weighted by molar-refractivity contribution is 0.102. The Morgan fingerprint density at radius 1 is 1.29 bits per heavy atom. The summed E-state index contributed by atoms with van der Waals surface area (Å²) in [5.74, 6) is 0.317. The molecule has 3 nitrogen and oxygen atoms in total. The van der Waals surface area contributed by atoms with Gasteiger partial charge in [-0.3, -0.25) is 4.79 Å². The van der Waals surface area contributed by atoms with Gasteiger partial charge in [0, 0.05) is 8.59 Å². The topological polar surface area (TPSA) is 38.3 Å². The van der Waals surface area contributed by atoms with E-state index in [1.807, 2.05) is 31.2 Å². The number of carbonyl (C=O) groups excluding carboxylic acids is 1. The lowest BCUT2D eigenvalue weighted by atomic mass is 10.1. The Kier molecular flexibility index (Phi) is 5.87. The van der Waals surface area contributed by atoms with E-state index in [0.717, 1.165) is 15.7 Å². The third kappa shape index (κ3) is 4.35. The molecule has 0 aliphatic rings. The van der Waals surface area contributed by atoms with E-state index < -0.39 is 0 Å². The number of amides is 1. The maximum absolute atomic E-state index is 12.4. The van der Waals surface area contributed by atoms with Crippen molar-refractivity contribution in [2.45, 2.75) is 13.3 Å². The fourth-order valence-corrected chi connectivity index (χ4v) is 2.46. The van der Waals surface area contributed by atoms with Crippen molar-refractivity contribution in [3.8, 4) is 5.75 Å². The van der Waals surface area contributed by atoms with Gasteiger partial charge in [-0.1, -0.05) is 30.7 Å². The second-order valence-corrected chi connectivity index (χ2v) is 6.02. The van der Waals surface area contributed by atoms with Gasteiger partial charge in [-0.2, -0.15) is 0 Å². The van der Waals surface area contributed by atoms with Crippen molar-refractivity contribution in [2.24, 2.45) is 0 Å². The van der Waals surface area contributed by atoms with Gasteiger partial charge in [-0.05, 0) is 59.3 Å². The number of anilines is 1. The van der Waals surface area contributed by atoms with Crippen LogP contribution in [0.15, 0.2) is 42.5 Å². The van der Waals surface area contributed by atoms with Gasteiger partial charge in [0.2, 0.25) is 0 Å². The molecule has 5 heteroatoms. The molecule has 0 bridgehead atoms. The van der Waals surface area contributed by atoms with Gasteiger partial charge in [0.25, 0.3) is 5.91 Å². The van der Waals surface area contributed by atoms with E-state index in [9.17, 15) is 4.79 Å². The Morgan fingerprint density at radius 2 is 2.05 bits per heavy atom. The van der Waals surface area contributed by atoms with Gasteiger partial charge in [-0.15, -0.1) is 0 Å². The monoisotopic (exact) mass is 415 g/mol. The Hall–Kier alpha value is -1.27. The van der Waals surface area contributed by atoms with Gasteiger partial charge < -0.3 is 10.1 Å². The maximum Gasteiger partial charge on any atom is 0.259 e. The summed E-state index contributed by atoms with van der Waals surface area (Å²) in [5, 5.41) is 3.39. The minimum atomic E-state index is -0.229. The molecule has 0 fully saturated rings. The average Bonchev–Trinajstić information content (AvgIpc) is 2.48. The van der Waals surface area contributed by atoms with Crippen molar-refractivity contribution in [2.75, 3.05) is 11.9 Å². The number of hydrogen-bond acceptors (Lipinski definition) is 2. The molecule has 110 valence electrons. The molecule has 0 aromatic heterocycles. The first-order chi connectivity index (χ1) is 10.1. The molecule has 2 rings (SSSR count). The normalized spacial score (nSPS) is 10.2. The zero-order valence-corrected chi connectivity index (χ0v) is 14.4. The minimum Gasteiger partial charge on any atom is -0.493 e. The van der Waals surface area contributed by atoms with Crippen molar-refractivity contribution >= 4 is 45.8 Å². The van der Waals surface area contributed by atoms with Crippen LogP contribution in [-0.4, -0.2) is 12.5 Å². The van der Waals surface area contributed by atoms with E-state index in [4.69, 9.17) is 16.3 Å². The van der Waals surface area contributed by atoms with Crippen LogP contribution < -0.4 is 10.1 Å². The van der Waals surface area contributed by atoms with Crippen LogP contribution in [0.4, 0.5) is 5.69 Å². The molecule has 0 aliphatic carbocycles. The third-order valence-electron chi connectivity index (χ3n) is 2.77. The molecule has 0 spiro atoms. The number of halogens is 2. The minimum absolute atomic E-state index is 0.229. The molecule has 0 aliphatic heterocycles. The molecule has 0 unspecified atom stereocenters. The van der Waals surface area contributed by atoms with Gasteiger partial charge >= 0.3 is 0 Å². The van der Waals surface area contributed by atoms with Crippen LogP contribution in [0.1, 0.15) is 23.7 Å². The second kappa shape index (κ2) is 7.66. The lowest BCUT2D eigenvalue weighted by Gasteiger charge is -2.12. The summed E-state index contributed by atoms with van der Waals surface area (Å²) in [5.41, 5.74) is 1.21. The van der Waals surface area contributed by atoms with Crippen LogP contribution in [0, 0.1) is 3.57 Å². The summed E-state index contributed by atoms with van der Waals surface area (Å²) in [6.45, 7) is 2.58. The van der Waals surface area contributed by atoms with E-state index >= 15 is 0 Å². The average molecular weight is 416 g/mol. The van der Waals surface area contributed by atoms with E-state index in [-0.39, 0.29) is 5.91 Å². The smallest absolute Gasteiger partial charge is 0.259 e. The highest BCUT2D eigenvalue weighted by Gasteiger charge is 2.14. The molecule has 0 heterocycles. The van der Waals surface area contributed by atoms with Crippen LogP contribution in [0.2, 0.25) is 5.02 Å². The third-order valence-corrected chi connectivity index (χ3v) is 3.95. The molecule has 0 atom stereocenters. The molecule has 1 N–H and O–H groups in total. The van der Waals surface area contributed by atoms with Crippen molar-refractivity contribution in [3.63, 3.8) is 0 Å². The van der Waals surface area contributed by atoms with E-state index in [1.165, 1.54) is 0 Å². The quantitative estimate of drug-likeness (QED) is 0.699. The van der Waals surface area contributed by atoms with Crippen molar-refractivity contribution in [1.82, 2.24) is 0 Å².